The molecule has 0 atom stereocenters. The van der Waals surface area contributed by atoms with Gasteiger partial charge < -0.3 is 15.2 Å². The van der Waals surface area contributed by atoms with Crippen molar-refractivity contribution in [2.24, 2.45) is 5.73 Å². The Kier molecular flexibility index (Phi) is 3.43. The summed E-state index contributed by atoms with van der Waals surface area (Å²) >= 11 is 0. The van der Waals surface area contributed by atoms with Crippen molar-refractivity contribution in [2.75, 3.05) is 18.0 Å². The number of anilines is 1. The minimum Gasteiger partial charge on any atom is -0.348 e. The Hall–Kier alpha value is -1.36. The fourth-order valence-corrected chi connectivity index (χ4v) is 2.11. The Morgan fingerprint density at radius 3 is 2.67 bits per heavy atom. The van der Waals surface area contributed by atoms with Gasteiger partial charge in [0.2, 0.25) is 0 Å². The number of aromatic nitrogens is 2. The second-order valence-electron chi connectivity index (χ2n) is 5.81. The second-order valence-corrected chi connectivity index (χ2v) is 5.81. The van der Waals surface area contributed by atoms with Crippen LogP contribution in [-0.4, -0.2) is 28.7 Å². The van der Waals surface area contributed by atoms with Crippen molar-refractivity contribution >= 4 is 5.82 Å². The molecule has 0 radical (unpaired) electrons. The Morgan fingerprint density at radius 1 is 1.50 bits per heavy atom. The molecule has 1 aromatic rings. The number of hydrogen-bond acceptors (Lipinski definition) is 4. The summed E-state index contributed by atoms with van der Waals surface area (Å²) in [5.41, 5.74) is 5.38. The van der Waals surface area contributed by atoms with E-state index in [4.69, 9.17) is 5.73 Å². The normalized spacial score (nSPS) is 15.8. The van der Waals surface area contributed by atoms with E-state index < -0.39 is 0 Å². The quantitative estimate of drug-likeness (QED) is 0.863. The molecule has 1 aromatic heterocycles. The van der Waals surface area contributed by atoms with E-state index in [9.17, 15) is 4.79 Å². The predicted octanol–water partition coefficient (Wildman–Crippen LogP) is 0.926. The first-order valence-electron chi connectivity index (χ1n) is 6.50. The van der Waals surface area contributed by atoms with Crippen molar-refractivity contribution in [3.05, 3.63) is 22.7 Å². The summed E-state index contributed by atoms with van der Waals surface area (Å²) in [6, 6.07) is 0.449. The minimum atomic E-state index is -0.229. The maximum Gasteiger partial charge on any atom is 0.293 e. The molecule has 0 spiro atoms. The van der Waals surface area contributed by atoms with E-state index >= 15 is 0 Å². The largest absolute Gasteiger partial charge is 0.348 e. The Labute approximate surface area is 108 Å². The standard InChI is InChI=1S/C13H22N4O/c1-13(2,3)17-9-7-15-11(12(17)18)16(8-6-14)10-4-5-10/h7,9-10H,4-6,8,14H2,1-3H3. The SMILES string of the molecule is CC(C)(C)n1ccnc(N(CCN)C2CC2)c1=O. The van der Waals surface area contributed by atoms with Gasteiger partial charge in [-0.25, -0.2) is 4.98 Å². The Balaban J connectivity index is 2.41. The molecule has 0 aromatic carbocycles. The van der Waals surface area contributed by atoms with Crippen LogP contribution in [-0.2, 0) is 5.54 Å². The molecule has 2 N–H and O–H groups in total. The highest BCUT2D eigenvalue weighted by Crippen LogP contribution is 2.28. The molecular formula is C13H22N4O. The molecule has 1 fully saturated rings. The molecule has 0 bridgehead atoms. The van der Waals surface area contributed by atoms with Crippen LogP contribution in [0, 0.1) is 0 Å². The average Bonchev–Trinajstić information content (AvgIpc) is 3.09. The van der Waals surface area contributed by atoms with Gasteiger partial charge in [0.25, 0.3) is 5.56 Å². The topological polar surface area (TPSA) is 64.2 Å². The van der Waals surface area contributed by atoms with Crippen LogP contribution in [0.25, 0.3) is 0 Å². The molecular weight excluding hydrogens is 228 g/mol. The van der Waals surface area contributed by atoms with Crippen LogP contribution in [0.5, 0.6) is 0 Å². The molecule has 1 heterocycles. The molecule has 100 valence electrons. The molecule has 1 saturated carbocycles. The number of nitrogens with two attached hydrogens (primary N) is 1. The molecule has 0 aliphatic heterocycles. The summed E-state index contributed by atoms with van der Waals surface area (Å²) in [6.07, 6.45) is 5.71. The summed E-state index contributed by atoms with van der Waals surface area (Å²) in [7, 11) is 0. The van der Waals surface area contributed by atoms with E-state index in [2.05, 4.69) is 9.88 Å². The van der Waals surface area contributed by atoms with Gasteiger partial charge in [0.1, 0.15) is 0 Å². The zero-order chi connectivity index (χ0) is 13.3. The van der Waals surface area contributed by atoms with E-state index in [1.165, 1.54) is 0 Å². The van der Waals surface area contributed by atoms with Crippen LogP contribution in [0.1, 0.15) is 33.6 Å². The first-order valence-corrected chi connectivity index (χ1v) is 6.50. The van der Waals surface area contributed by atoms with Gasteiger partial charge in [-0.05, 0) is 33.6 Å². The van der Waals surface area contributed by atoms with Crippen molar-refractivity contribution in [3.8, 4) is 0 Å². The van der Waals surface area contributed by atoms with Gasteiger partial charge in [0.05, 0.1) is 0 Å². The van der Waals surface area contributed by atoms with Crippen LogP contribution in [0.15, 0.2) is 17.2 Å². The fraction of sp³-hybridized carbons (Fsp3) is 0.692. The van der Waals surface area contributed by atoms with Crippen molar-refractivity contribution in [1.29, 1.82) is 0 Å². The maximum atomic E-state index is 12.5. The van der Waals surface area contributed by atoms with E-state index in [0.29, 0.717) is 24.9 Å². The van der Waals surface area contributed by atoms with Crippen molar-refractivity contribution in [3.63, 3.8) is 0 Å². The summed E-state index contributed by atoms with van der Waals surface area (Å²) in [5, 5.41) is 0. The van der Waals surface area contributed by atoms with E-state index in [1.54, 1.807) is 17.0 Å². The summed E-state index contributed by atoms with van der Waals surface area (Å²) in [5.74, 6) is 0.542. The summed E-state index contributed by atoms with van der Waals surface area (Å²) < 4.78 is 1.74. The molecule has 0 unspecified atom stereocenters. The highest BCUT2D eigenvalue weighted by atomic mass is 16.1. The first-order chi connectivity index (χ1) is 8.45. The Bertz CT molecular complexity index is 471. The zero-order valence-electron chi connectivity index (χ0n) is 11.4. The van der Waals surface area contributed by atoms with Crippen molar-refractivity contribution in [1.82, 2.24) is 9.55 Å². The fourth-order valence-electron chi connectivity index (χ4n) is 2.11. The third-order valence-corrected chi connectivity index (χ3v) is 3.18. The first kappa shape index (κ1) is 13.1. The molecule has 18 heavy (non-hydrogen) atoms. The number of rotatable bonds is 4. The highest BCUT2D eigenvalue weighted by molar-refractivity contribution is 5.39. The highest BCUT2D eigenvalue weighted by Gasteiger charge is 2.31. The third-order valence-electron chi connectivity index (χ3n) is 3.18. The van der Waals surface area contributed by atoms with Gasteiger partial charge in [0, 0.05) is 37.1 Å². The van der Waals surface area contributed by atoms with Crippen LogP contribution in [0.2, 0.25) is 0 Å². The van der Waals surface area contributed by atoms with Gasteiger partial charge >= 0.3 is 0 Å². The minimum absolute atomic E-state index is 0.0228. The van der Waals surface area contributed by atoms with E-state index in [-0.39, 0.29) is 11.1 Å². The number of nitrogens with zero attached hydrogens (tertiary/aromatic N) is 3. The lowest BCUT2D eigenvalue weighted by Gasteiger charge is -2.26. The lowest BCUT2D eigenvalue weighted by atomic mass is 10.1. The zero-order valence-corrected chi connectivity index (χ0v) is 11.4. The van der Waals surface area contributed by atoms with Crippen LogP contribution in [0.3, 0.4) is 0 Å². The maximum absolute atomic E-state index is 12.5. The average molecular weight is 250 g/mol. The lowest BCUT2D eigenvalue weighted by molar-refractivity contribution is 0.382. The van der Waals surface area contributed by atoms with Crippen LogP contribution < -0.4 is 16.2 Å². The van der Waals surface area contributed by atoms with Gasteiger partial charge in [-0.15, -0.1) is 0 Å². The monoisotopic (exact) mass is 250 g/mol. The van der Waals surface area contributed by atoms with Crippen molar-refractivity contribution < 1.29 is 0 Å². The molecule has 2 rings (SSSR count). The van der Waals surface area contributed by atoms with E-state index in [0.717, 1.165) is 12.8 Å². The molecule has 1 aliphatic carbocycles. The molecule has 5 nitrogen and oxygen atoms in total. The van der Waals surface area contributed by atoms with Gasteiger partial charge in [-0.1, -0.05) is 0 Å². The third kappa shape index (κ3) is 2.56. The van der Waals surface area contributed by atoms with Crippen LogP contribution >= 0.6 is 0 Å². The van der Waals surface area contributed by atoms with Gasteiger partial charge in [-0.3, -0.25) is 4.79 Å². The molecule has 5 heteroatoms. The van der Waals surface area contributed by atoms with E-state index in [1.807, 2.05) is 20.8 Å². The smallest absolute Gasteiger partial charge is 0.293 e. The second kappa shape index (κ2) is 4.72. The molecule has 0 amide bonds. The Morgan fingerprint density at radius 2 is 2.17 bits per heavy atom. The summed E-state index contributed by atoms with van der Waals surface area (Å²) in [4.78, 5) is 18.8. The molecule has 1 aliphatic rings. The summed E-state index contributed by atoms with van der Waals surface area (Å²) in [6.45, 7) is 7.29. The van der Waals surface area contributed by atoms with Gasteiger partial charge in [-0.2, -0.15) is 0 Å². The van der Waals surface area contributed by atoms with Crippen LogP contribution in [0.4, 0.5) is 5.82 Å². The van der Waals surface area contributed by atoms with Gasteiger partial charge in [0.15, 0.2) is 5.82 Å². The molecule has 0 saturated heterocycles. The number of hydrogen-bond donors (Lipinski definition) is 1. The predicted molar refractivity (Wildman–Crippen MR) is 72.9 cm³/mol. The lowest BCUT2D eigenvalue weighted by Crippen LogP contribution is -2.41. The van der Waals surface area contributed by atoms with Crippen molar-refractivity contribution in [2.45, 2.75) is 45.2 Å².